The Balaban J connectivity index is 1.30. The second kappa shape index (κ2) is 9.15. The maximum atomic E-state index is 13.0. The van der Waals surface area contributed by atoms with E-state index in [1.54, 1.807) is 11.3 Å². The van der Waals surface area contributed by atoms with Crippen molar-refractivity contribution < 1.29 is 14.3 Å². The summed E-state index contributed by atoms with van der Waals surface area (Å²) in [6.45, 7) is 3.95. The minimum Gasteiger partial charge on any atom is -0.486 e. The van der Waals surface area contributed by atoms with Crippen LogP contribution >= 0.6 is 23.1 Å². The average Bonchev–Trinajstić information content (AvgIpc) is 3.58. The molecule has 9 heteroatoms. The monoisotopic (exact) mass is 470 g/mol. The van der Waals surface area contributed by atoms with Crippen molar-refractivity contribution in [2.75, 3.05) is 19.0 Å². The number of carbonyl (C=O) groups is 1. The lowest BCUT2D eigenvalue weighted by Gasteiger charge is -2.32. The van der Waals surface area contributed by atoms with E-state index in [1.807, 2.05) is 29.6 Å². The number of ether oxygens (including phenoxy) is 2. The Hall–Kier alpha value is -2.52. The SMILES string of the molecule is CCn1c(SCC(=O)NC2(c3ccc4c(c3)OCCO4)CCCC2)nnc1-c1cccs1. The van der Waals surface area contributed by atoms with E-state index >= 15 is 0 Å². The number of carbonyl (C=O) groups excluding carboxylic acids is 1. The third-order valence-electron chi connectivity index (χ3n) is 6.04. The van der Waals surface area contributed by atoms with Gasteiger partial charge in [0.05, 0.1) is 16.2 Å². The molecule has 1 saturated carbocycles. The summed E-state index contributed by atoms with van der Waals surface area (Å²) in [4.78, 5) is 14.1. The van der Waals surface area contributed by atoms with Crippen molar-refractivity contribution >= 4 is 29.0 Å². The number of fused-ring (bicyclic) bond motifs is 1. The Labute approximate surface area is 195 Å². The molecule has 0 spiro atoms. The van der Waals surface area contributed by atoms with E-state index in [-0.39, 0.29) is 11.4 Å². The number of rotatable bonds is 7. The molecule has 0 bridgehead atoms. The fourth-order valence-electron chi connectivity index (χ4n) is 4.51. The molecule has 0 unspecified atom stereocenters. The largest absolute Gasteiger partial charge is 0.486 e. The van der Waals surface area contributed by atoms with Crippen LogP contribution in [0.1, 0.15) is 38.2 Å². The predicted octanol–water partition coefficient (Wildman–Crippen LogP) is 4.48. The van der Waals surface area contributed by atoms with Crippen LogP contribution in [0.15, 0.2) is 40.9 Å². The Morgan fingerprint density at radius 3 is 2.75 bits per heavy atom. The predicted molar refractivity (Wildman–Crippen MR) is 125 cm³/mol. The Kier molecular flexibility index (Phi) is 6.10. The number of nitrogens with zero attached hydrogens (tertiary/aromatic N) is 3. The summed E-state index contributed by atoms with van der Waals surface area (Å²) in [5.41, 5.74) is 0.739. The topological polar surface area (TPSA) is 78.3 Å². The van der Waals surface area contributed by atoms with Crippen molar-refractivity contribution in [2.24, 2.45) is 0 Å². The molecule has 32 heavy (non-hydrogen) atoms. The Bertz CT molecular complexity index is 1090. The number of thiophene rings is 1. The molecule has 1 amide bonds. The lowest BCUT2D eigenvalue weighted by atomic mass is 9.87. The maximum Gasteiger partial charge on any atom is 0.231 e. The molecular weight excluding hydrogens is 444 g/mol. The van der Waals surface area contributed by atoms with Gasteiger partial charge in [0.1, 0.15) is 13.2 Å². The minimum atomic E-state index is -0.353. The molecule has 168 valence electrons. The molecule has 0 atom stereocenters. The van der Waals surface area contributed by atoms with Crippen LogP contribution in [-0.4, -0.2) is 39.6 Å². The normalized spacial score (nSPS) is 16.8. The van der Waals surface area contributed by atoms with Crippen LogP contribution in [0.3, 0.4) is 0 Å². The quantitative estimate of drug-likeness (QED) is 0.513. The molecule has 1 aromatic carbocycles. The van der Waals surface area contributed by atoms with Gasteiger partial charge in [0.25, 0.3) is 0 Å². The molecule has 1 aliphatic carbocycles. The van der Waals surface area contributed by atoms with Crippen LogP contribution in [0.2, 0.25) is 0 Å². The van der Waals surface area contributed by atoms with Gasteiger partial charge < -0.3 is 19.4 Å². The summed E-state index contributed by atoms with van der Waals surface area (Å²) >= 11 is 3.08. The van der Waals surface area contributed by atoms with Gasteiger partial charge in [-0.05, 0) is 48.9 Å². The van der Waals surface area contributed by atoms with Crippen LogP contribution in [-0.2, 0) is 16.9 Å². The molecule has 2 aromatic heterocycles. The smallest absolute Gasteiger partial charge is 0.231 e. The van der Waals surface area contributed by atoms with Crippen molar-refractivity contribution in [1.82, 2.24) is 20.1 Å². The fourth-order valence-corrected chi connectivity index (χ4v) is 6.03. The Morgan fingerprint density at radius 2 is 2.00 bits per heavy atom. The molecule has 3 aromatic rings. The molecular formula is C23H26N4O3S2. The van der Waals surface area contributed by atoms with Gasteiger partial charge in [0, 0.05) is 6.54 Å². The van der Waals surface area contributed by atoms with Gasteiger partial charge >= 0.3 is 0 Å². The molecule has 0 radical (unpaired) electrons. The number of amides is 1. The minimum absolute atomic E-state index is 0.00937. The van der Waals surface area contributed by atoms with Gasteiger partial charge in [0.15, 0.2) is 22.5 Å². The van der Waals surface area contributed by atoms with Crippen molar-refractivity contribution in [2.45, 2.75) is 49.8 Å². The van der Waals surface area contributed by atoms with Gasteiger partial charge in [0.2, 0.25) is 5.91 Å². The number of benzene rings is 1. The van der Waals surface area contributed by atoms with E-state index in [0.717, 1.165) is 65.1 Å². The summed E-state index contributed by atoms with van der Waals surface area (Å²) in [5.74, 6) is 2.70. The molecule has 3 heterocycles. The zero-order chi connectivity index (χ0) is 22.0. The summed E-state index contributed by atoms with van der Waals surface area (Å²) in [5, 5.41) is 14.8. The average molecular weight is 471 g/mol. The maximum absolute atomic E-state index is 13.0. The van der Waals surface area contributed by atoms with Gasteiger partial charge in [-0.1, -0.05) is 36.7 Å². The first-order valence-electron chi connectivity index (χ1n) is 11.0. The van der Waals surface area contributed by atoms with Gasteiger partial charge in [-0.3, -0.25) is 4.79 Å². The number of hydrogen-bond donors (Lipinski definition) is 1. The second-order valence-corrected chi connectivity index (χ2v) is 9.90. The third-order valence-corrected chi connectivity index (χ3v) is 7.87. The fraction of sp³-hybridized carbons (Fsp3) is 0.435. The number of thioether (sulfide) groups is 1. The third kappa shape index (κ3) is 4.11. The molecule has 0 saturated heterocycles. The number of nitrogens with one attached hydrogen (secondary N) is 1. The highest BCUT2D eigenvalue weighted by molar-refractivity contribution is 7.99. The van der Waals surface area contributed by atoms with E-state index in [4.69, 9.17) is 9.47 Å². The van der Waals surface area contributed by atoms with Crippen LogP contribution in [0.4, 0.5) is 0 Å². The van der Waals surface area contributed by atoms with Crippen molar-refractivity contribution in [3.8, 4) is 22.2 Å². The van der Waals surface area contributed by atoms with E-state index in [9.17, 15) is 4.79 Å². The molecule has 5 rings (SSSR count). The first kappa shape index (κ1) is 21.3. The zero-order valence-electron chi connectivity index (χ0n) is 18.0. The van der Waals surface area contributed by atoms with E-state index in [0.29, 0.717) is 19.0 Å². The standard InChI is InChI=1S/C23H26N4O3S2/c1-2-27-21(19-6-5-13-31-19)25-26-22(27)32-15-20(28)24-23(9-3-4-10-23)16-7-8-17-18(14-16)30-12-11-29-17/h5-8,13-14H,2-4,9-12,15H2,1H3,(H,24,28). The number of hydrogen-bond acceptors (Lipinski definition) is 7. The van der Waals surface area contributed by atoms with Crippen LogP contribution in [0, 0.1) is 0 Å². The highest BCUT2D eigenvalue weighted by Crippen LogP contribution is 2.42. The van der Waals surface area contributed by atoms with Gasteiger partial charge in [-0.15, -0.1) is 21.5 Å². The highest BCUT2D eigenvalue weighted by atomic mass is 32.2. The van der Waals surface area contributed by atoms with E-state index in [1.165, 1.54) is 11.8 Å². The lowest BCUT2D eigenvalue weighted by molar-refractivity contribution is -0.120. The molecule has 1 aliphatic heterocycles. The first-order valence-corrected chi connectivity index (χ1v) is 12.9. The van der Waals surface area contributed by atoms with Crippen molar-refractivity contribution in [3.63, 3.8) is 0 Å². The highest BCUT2D eigenvalue weighted by Gasteiger charge is 2.38. The van der Waals surface area contributed by atoms with Crippen LogP contribution < -0.4 is 14.8 Å². The summed E-state index contributed by atoms with van der Waals surface area (Å²) in [7, 11) is 0. The van der Waals surface area contributed by atoms with Crippen molar-refractivity contribution in [3.05, 3.63) is 41.3 Å². The Morgan fingerprint density at radius 1 is 1.19 bits per heavy atom. The molecule has 7 nitrogen and oxygen atoms in total. The lowest BCUT2D eigenvalue weighted by Crippen LogP contribution is -2.44. The number of aromatic nitrogens is 3. The van der Waals surface area contributed by atoms with Gasteiger partial charge in [-0.25, -0.2) is 0 Å². The van der Waals surface area contributed by atoms with E-state index in [2.05, 4.69) is 33.1 Å². The molecule has 2 aliphatic rings. The summed E-state index contributed by atoms with van der Waals surface area (Å²) < 4.78 is 13.5. The van der Waals surface area contributed by atoms with Crippen LogP contribution in [0.5, 0.6) is 11.5 Å². The van der Waals surface area contributed by atoms with E-state index < -0.39 is 0 Å². The van der Waals surface area contributed by atoms with Crippen molar-refractivity contribution in [1.29, 1.82) is 0 Å². The van der Waals surface area contributed by atoms with Gasteiger partial charge in [-0.2, -0.15) is 0 Å². The first-order chi connectivity index (χ1) is 15.7. The molecule has 1 N–H and O–H groups in total. The molecule has 1 fully saturated rings. The van der Waals surface area contributed by atoms with Crippen LogP contribution in [0.25, 0.3) is 10.7 Å². The summed E-state index contributed by atoms with van der Waals surface area (Å²) in [6, 6.07) is 10.1. The zero-order valence-corrected chi connectivity index (χ0v) is 19.6. The summed E-state index contributed by atoms with van der Waals surface area (Å²) in [6.07, 6.45) is 4.04. The second-order valence-electron chi connectivity index (χ2n) is 8.01.